The summed E-state index contributed by atoms with van der Waals surface area (Å²) in [5, 5.41) is 13.8. The first-order chi connectivity index (χ1) is 10.9. The SMILES string of the molecule is CNc1ccc(C(=O)OCc2cc(C)ccc2C)cc1[N+](=O)[O-]. The second-order valence-electron chi connectivity index (χ2n) is 5.25. The lowest BCUT2D eigenvalue weighted by molar-refractivity contribution is -0.384. The van der Waals surface area contributed by atoms with E-state index in [1.807, 2.05) is 32.0 Å². The topological polar surface area (TPSA) is 81.5 Å². The maximum Gasteiger partial charge on any atom is 0.338 e. The van der Waals surface area contributed by atoms with Gasteiger partial charge in [0.15, 0.2) is 0 Å². The van der Waals surface area contributed by atoms with E-state index in [4.69, 9.17) is 4.74 Å². The first-order valence-corrected chi connectivity index (χ1v) is 7.12. The van der Waals surface area contributed by atoms with Gasteiger partial charge in [0.05, 0.1) is 10.5 Å². The van der Waals surface area contributed by atoms with Crippen molar-refractivity contribution < 1.29 is 14.5 Å². The van der Waals surface area contributed by atoms with Crippen LogP contribution in [0.1, 0.15) is 27.0 Å². The molecule has 23 heavy (non-hydrogen) atoms. The number of anilines is 1. The molecule has 0 aliphatic rings. The molecule has 0 amide bonds. The molecule has 0 aliphatic carbocycles. The lowest BCUT2D eigenvalue weighted by Crippen LogP contribution is -2.07. The fourth-order valence-corrected chi connectivity index (χ4v) is 2.20. The van der Waals surface area contributed by atoms with Crippen LogP contribution in [0.3, 0.4) is 0 Å². The first-order valence-electron chi connectivity index (χ1n) is 7.12. The van der Waals surface area contributed by atoms with Crippen molar-refractivity contribution in [2.24, 2.45) is 0 Å². The molecular formula is C17H18N2O4. The number of aryl methyl sites for hydroxylation is 2. The maximum absolute atomic E-state index is 12.1. The molecule has 0 heterocycles. The van der Waals surface area contributed by atoms with Gasteiger partial charge in [0.25, 0.3) is 5.69 Å². The summed E-state index contributed by atoms with van der Waals surface area (Å²) in [6.45, 7) is 4.04. The molecule has 6 heteroatoms. The van der Waals surface area contributed by atoms with Crippen LogP contribution in [-0.2, 0) is 11.3 Å². The molecule has 1 N–H and O–H groups in total. The molecular weight excluding hydrogens is 296 g/mol. The van der Waals surface area contributed by atoms with Gasteiger partial charge in [-0.15, -0.1) is 0 Å². The van der Waals surface area contributed by atoms with Gasteiger partial charge < -0.3 is 10.1 Å². The van der Waals surface area contributed by atoms with Crippen LogP contribution in [-0.4, -0.2) is 17.9 Å². The lowest BCUT2D eigenvalue weighted by atomic mass is 10.1. The summed E-state index contributed by atoms with van der Waals surface area (Å²) in [6.07, 6.45) is 0. The van der Waals surface area contributed by atoms with Gasteiger partial charge in [0, 0.05) is 13.1 Å². The Labute approximate surface area is 134 Å². The van der Waals surface area contributed by atoms with Gasteiger partial charge in [-0.3, -0.25) is 10.1 Å². The van der Waals surface area contributed by atoms with Crippen LogP contribution in [0.15, 0.2) is 36.4 Å². The highest BCUT2D eigenvalue weighted by Crippen LogP contribution is 2.25. The third-order valence-electron chi connectivity index (χ3n) is 3.56. The number of benzene rings is 2. The van der Waals surface area contributed by atoms with Crippen LogP contribution in [0, 0.1) is 24.0 Å². The van der Waals surface area contributed by atoms with E-state index in [-0.39, 0.29) is 17.9 Å². The van der Waals surface area contributed by atoms with Crippen molar-refractivity contribution in [1.29, 1.82) is 0 Å². The smallest absolute Gasteiger partial charge is 0.338 e. The fourth-order valence-electron chi connectivity index (χ4n) is 2.20. The average Bonchev–Trinajstić information content (AvgIpc) is 2.54. The second kappa shape index (κ2) is 6.91. The normalized spacial score (nSPS) is 10.2. The van der Waals surface area contributed by atoms with Crippen LogP contribution in [0.4, 0.5) is 11.4 Å². The molecule has 0 unspecified atom stereocenters. The molecule has 2 rings (SSSR count). The van der Waals surface area contributed by atoms with E-state index >= 15 is 0 Å². The van der Waals surface area contributed by atoms with E-state index in [2.05, 4.69) is 5.32 Å². The molecule has 0 fully saturated rings. The zero-order chi connectivity index (χ0) is 17.0. The Morgan fingerprint density at radius 2 is 1.96 bits per heavy atom. The monoisotopic (exact) mass is 314 g/mol. The number of hydrogen-bond donors (Lipinski definition) is 1. The van der Waals surface area contributed by atoms with Gasteiger partial charge in [-0.25, -0.2) is 4.79 Å². The molecule has 2 aromatic rings. The molecule has 0 aliphatic heterocycles. The summed E-state index contributed by atoms with van der Waals surface area (Å²) in [7, 11) is 1.58. The number of nitro benzene ring substituents is 1. The van der Waals surface area contributed by atoms with Gasteiger partial charge in [-0.1, -0.05) is 23.8 Å². The Kier molecular flexibility index (Phi) is 4.95. The van der Waals surface area contributed by atoms with Crippen molar-refractivity contribution in [3.63, 3.8) is 0 Å². The van der Waals surface area contributed by atoms with E-state index in [1.165, 1.54) is 18.2 Å². The predicted octanol–water partition coefficient (Wildman–Crippen LogP) is 3.61. The number of carbonyl (C=O) groups excluding carboxylic acids is 1. The molecule has 0 saturated heterocycles. The van der Waals surface area contributed by atoms with Crippen LogP contribution in [0.25, 0.3) is 0 Å². The van der Waals surface area contributed by atoms with E-state index in [0.717, 1.165) is 16.7 Å². The highest BCUT2D eigenvalue weighted by atomic mass is 16.6. The van der Waals surface area contributed by atoms with Crippen molar-refractivity contribution in [2.45, 2.75) is 20.5 Å². The van der Waals surface area contributed by atoms with E-state index in [1.54, 1.807) is 7.05 Å². The Balaban J connectivity index is 2.16. The third kappa shape index (κ3) is 3.85. The molecule has 120 valence electrons. The summed E-state index contributed by atoms with van der Waals surface area (Å²) >= 11 is 0. The highest BCUT2D eigenvalue weighted by Gasteiger charge is 2.17. The van der Waals surface area contributed by atoms with Crippen LogP contribution in [0.2, 0.25) is 0 Å². The second-order valence-corrected chi connectivity index (χ2v) is 5.25. The molecule has 0 atom stereocenters. The quantitative estimate of drug-likeness (QED) is 0.518. The summed E-state index contributed by atoms with van der Waals surface area (Å²) < 4.78 is 5.28. The minimum Gasteiger partial charge on any atom is -0.457 e. The van der Waals surface area contributed by atoms with E-state index < -0.39 is 10.9 Å². The van der Waals surface area contributed by atoms with Gasteiger partial charge in [0.1, 0.15) is 12.3 Å². The fraction of sp³-hybridized carbons (Fsp3) is 0.235. The molecule has 0 spiro atoms. The van der Waals surface area contributed by atoms with Gasteiger partial charge >= 0.3 is 5.97 Å². The number of rotatable bonds is 5. The minimum atomic E-state index is -0.586. The van der Waals surface area contributed by atoms with E-state index in [9.17, 15) is 14.9 Å². The zero-order valence-electron chi connectivity index (χ0n) is 13.3. The van der Waals surface area contributed by atoms with E-state index in [0.29, 0.717) is 5.69 Å². The largest absolute Gasteiger partial charge is 0.457 e. The molecule has 6 nitrogen and oxygen atoms in total. The zero-order valence-corrected chi connectivity index (χ0v) is 13.3. The van der Waals surface area contributed by atoms with Gasteiger partial charge in [-0.2, -0.15) is 0 Å². The number of ether oxygens (including phenoxy) is 1. The number of nitrogens with one attached hydrogen (secondary N) is 1. The minimum absolute atomic E-state index is 0.133. The summed E-state index contributed by atoms with van der Waals surface area (Å²) in [5.41, 5.74) is 3.37. The van der Waals surface area contributed by atoms with Gasteiger partial charge in [0.2, 0.25) is 0 Å². The summed E-state index contributed by atoms with van der Waals surface area (Å²) in [4.78, 5) is 22.6. The first kappa shape index (κ1) is 16.5. The average molecular weight is 314 g/mol. The summed E-state index contributed by atoms with van der Waals surface area (Å²) in [5.74, 6) is -0.586. The van der Waals surface area contributed by atoms with Gasteiger partial charge in [-0.05, 0) is 37.1 Å². The summed E-state index contributed by atoms with van der Waals surface area (Å²) in [6, 6.07) is 10.1. The van der Waals surface area contributed by atoms with Crippen LogP contribution >= 0.6 is 0 Å². The Hall–Kier alpha value is -2.89. The Morgan fingerprint density at radius 3 is 2.61 bits per heavy atom. The number of nitro groups is 1. The molecule has 0 aromatic heterocycles. The molecule has 2 aromatic carbocycles. The Bertz CT molecular complexity index is 756. The van der Waals surface area contributed by atoms with Crippen molar-refractivity contribution in [3.05, 3.63) is 68.8 Å². The third-order valence-corrected chi connectivity index (χ3v) is 3.56. The van der Waals surface area contributed by atoms with Crippen molar-refractivity contribution >= 4 is 17.3 Å². The lowest BCUT2D eigenvalue weighted by Gasteiger charge is -2.09. The molecule has 0 bridgehead atoms. The highest BCUT2D eigenvalue weighted by molar-refractivity contribution is 5.91. The van der Waals surface area contributed by atoms with Crippen molar-refractivity contribution in [3.8, 4) is 0 Å². The van der Waals surface area contributed by atoms with Crippen LogP contribution in [0.5, 0.6) is 0 Å². The standard InChI is InChI=1S/C17H18N2O4/c1-11-4-5-12(2)14(8-11)10-23-17(20)13-6-7-15(18-3)16(9-13)19(21)22/h4-9,18H,10H2,1-3H3. The maximum atomic E-state index is 12.1. The van der Waals surface area contributed by atoms with Crippen LogP contribution < -0.4 is 5.32 Å². The van der Waals surface area contributed by atoms with Crippen molar-refractivity contribution in [2.75, 3.05) is 12.4 Å². The molecule has 0 radical (unpaired) electrons. The number of nitrogens with zero attached hydrogens (tertiary/aromatic N) is 1. The number of hydrogen-bond acceptors (Lipinski definition) is 5. The van der Waals surface area contributed by atoms with Crippen molar-refractivity contribution in [1.82, 2.24) is 0 Å². The Morgan fingerprint density at radius 1 is 1.22 bits per heavy atom. The number of carbonyl (C=O) groups is 1. The predicted molar refractivity (Wildman–Crippen MR) is 87.7 cm³/mol. The number of esters is 1. The molecule has 0 saturated carbocycles.